The van der Waals surface area contributed by atoms with Crippen LogP contribution in [0.1, 0.15) is 20.7 Å². The maximum atomic E-state index is 12.6. The zero-order valence-electron chi connectivity index (χ0n) is 16.1. The molecule has 2 aromatic rings. The maximum Gasteiger partial charge on any atom is 0.255 e. The van der Waals surface area contributed by atoms with E-state index >= 15 is 0 Å². The van der Waals surface area contributed by atoms with Gasteiger partial charge in [-0.1, -0.05) is 24.3 Å². The number of sulfonamides is 1. The van der Waals surface area contributed by atoms with E-state index in [1.54, 1.807) is 42.5 Å². The van der Waals surface area contributed by atoms with Gasteiger partial charge >= 0.3 is 0 Å². The number of nitrogens with zero attached hydrogens (tertiary/aromatic N) is 1. The zero-order chi connectivity index (χ0) is 21.4. The first kappa shape index (κ1) is 21.9. The Morgan fingerprint density at radius 2 is 1.66 bits per heavy atom. The summed E-state index contributed by atoms with van der Waals surface area (Å²) in [4.78, 5) is 24.8. The summed E-state index contributed by atoms with van der Waals surface area (Å²) in [6.07, 6.45) is 4.15. The van der Waals surface area contributed by atoms with Crippen molar-refractivity contribution < 1.29 is 18.0 Å². The normalized spacial score (nSPS) is 10.7. The summed E-state index contributed by atoms with van der Waals surface area (Å²) >= 11 is 0. The predicted octanol–water partition coefficient (Wildman–Crippen LogP) is 2.81. The molecule has 0 spiro atoms. The lowest BCUT2D eigenvalue weighted by molar-refractivity contribution is 0.0959. The van der Waals surface area contributed by atoms with Crippen molar-refractivity contribution in [2.24, 2.45) is 0 Å². The first-order valence-electron chi connectivity index (χ1n) is 8.76. The number of carbonyl (C=O) groups excluding carboxylic acids is 2. The van der Waals surface area contributed by atoms with Crippen LogP contribution in [0.3, 0.4) is 0 Å². The Bertz CT molecular complexity index is 1010. The third-order valence-corrected chi connectivity index (χ3v) is 5.10. The summed E-state index contributed by atoms with van der Waals surface area (Å²) in [5.41, 5.74) is 1.44. The van der Waals surface area contributed by atoms with Gasteiger partial charge in [-0.2, -0.15) is 0 Å². The van der Waals surface area contributed by atoms with E-state index in [-0.39, 0.29) is 12.5 Å². The van der Waals surface area contributed by atoms with Crippen molar-refractivity contribution in [2.45, 2.75) is 0 Å². The van der Waals surface area contributed by atoms with E-state index in [0.29, 0.717) is 29.0 Å². The Labute approximate surface area is 170 Å². The number of rotatable bonds is 9. The minimum absolute atomic E-state index is 0.123. The second-order valence-corrected chi connectivity index (χ2v) is 8.03. The van der Waals surface area contributed by atoms with E-state index in [1.807, 2.05) is 0 Å². The first-order valence-corrected chi connectivity index (χ1v) is 10.6. The highest BCUT2D eigenvalue weighted by Crippen LogP contribution is 2.20. The van der Waals surface area contributed by atoms with Gasteiger partial charge in [-0.3, -0.25) is 13.9 Å². The maximum absolute atomic E-state index is 12.6. The van der Waals surface area contributed by atoms with E-state index in [0.717, 1.165) is 6.26 Å². The van der Waals surface area contributed by atoms with E-state index < -0.39 is 15.9 Å². The molecule has 2 amide bonds. The van der Waals surface area contributed by atoms with Gasteiger partial charge in [0.25, 0.3) is 11.8 Å². The summed E-state index contributed by atoms with van der Waals surface area (Å²) in [7, 11) is -3.47. The molecule has 0 aliphatic heterocycles. The number of hydrogen-bond acceptors (Lipinski definition) is 4. The summed E-state index contributed by atoms with van der Waals surface area (Å²) < 4.78 is 25.0. The summed E-state index contributed by atoms with van der Waals surface area (Å²) in [5.74, 6) is -0.750. The van der Waals surface area contributed by atoms with Gasteiger partial charge in [0, 0.05) is 12.1 Å². The van der Waals surface area contributed by atoms with Crippen molar-refractivity contribution in [3.63, 3.8) is 0 Å². The molecule has 0 saturated heterocycles. The topological polar surface area (TPSA) is 95.6 Å². The molecule has 0 radical (unpaired) electrons. The van der Waals surface area contributed by atoms with Crippen molar-refractivity contribution >= 4 is 33.2 Å². The number of para-hydroxylation sites is 1. The Kier molecular flexibility index (Phi) is 7.33. The van der Waals surface area contributed by atoms with Crippen LogP contribution in [0.4, 0.5) is 11.4 Å². The van der Waals surface area contributed by atoms with Crippen LogP contribution in [0.15, 0.2) is 73.8 Å². The third kappa shape index (κ3) is 5.79. The molecule has 0 aliphatic carbocycles. The van der Waals surface area contributed by atoms with Crippen LogP contribution in [0.5, 0.6) is 0 Å². The van der Waals surface area contributed by atoms with Gasteiger partial charge in [-0.05, 0) is 36.4 Å². The molecule has 152 valence electrons. The fraction of sp³-hybridized carbons (Fsp3) is 0.143. The molecule has 0 bridgehead atoms. The molecule has 0 fully saturated rings. The van der Waals surface area contributed by atoms with Crippen LogP contribution in [-0.4, -0.2) is 39.6 Å². The predicted molar refractivity (Wildman–Crippen MR) is 116 cm³/mol. The molecule has 0 aromatic heterocycles. The van der Waals surface area contributed by atoms with Crippen LogP contribution in [0.25, 0.3) is 0 Å². The van der Waals surface area contributed by atoms with Crippen molar-refractivity contribution in [2.75, 3.05) is 29.0 Å². The molecule has 0 atom stereocenters. The summed E-state index contributed by atoms with van der Waals surface area (Å²) in [6.45, 7) is 7.55. The van der Waals surface area contributed by atoms with Gasteiger partial charge in [0.1, 0.15) is 0 Å². The second-order valence-electron chi connectivity index (χ2n) is 6.13. The molecule has 0 heterocycles. The van der Waals surface area contributed by atoms with E-state index in [1.165, 1.54) is 22.5 Å². The number of anilines is 2. The molecule has 2 N–H and O–H groups in total. The van der Waals surface area contributed by atoms with Crippen molar-refractivity contribution in [1.82, 2.24) is 5.32 Å². The van der Waals surface area contributed by atoms with Crippen molar-refractivity contribution in [3.8, 4) is 0 Å². The lowest BCUT2D eigenvalue weighted by Gasteiger charge is -2.20. The minimum atomic E-state index is -3.47. The smallest absolute Gasteiger partial charge is 0.255 e. The fourth-order valence-corrected chi connectivity index (χ4v) is 3.45. The molecule has 2 rings (SSSR count). The molecule has 29 heavy (non-hydrogen) atoms. The average molecular weight is 413 g/mol. The second kappa shape index (κ2) is 9.70. The Morgan fingerprint density at radius 3 is 2.24 bits per heavy atom. The van der Waals surface area contributed by atoms with Crippen molar-refractivity contribution in [1.29, 1.82) is 0 Å². The molecule has 2 aromatic carbocycles. The summed E-state index contributed by atoms with van der Waals surface area (Å²) in [6, 6.07) is 12.8. The highest BCUT2D eigenvalue weighted by atomic mass is 32.2. The molecule has 0 unspecified atom stereocenters. The van der Waals surface area contributed by atoms with Gasteiger partial charge in [-0.15, -0.1) is 13.2 Å². The molecule has 0 saturated carbocycles. The van der Waals surface area contributed by atoms with Gasteiger partial charge in [0.2, 0.25) is 10.0 Å². The number of hydrogen-bond donors (Lipinski definition) is 2. The fourth-order valence-electron chi connectivity index (χ4n) is 2.57. The number of benzene rings is 2. The van der Waals surface area contributed by atoms with Gasteiger partial charge < -0.3 is 10.6 Å². The lowest BCUT2D eigenvalue weighted by Crippen LogP contribution is -2.29. The van der Waals surface area contributed by atoms with Crippen LogP contribution >= 0.6 is 0 Å². The molecule has 0 aliphatic rings. The quantitative estimate of drug-likeness (QED) is 0.618. The largest absolute Gasteiger partial charge is 0.349 e. The minimum Gasteiger partial charge on any atom is -0.349 e. The van der Waals surface area contributed by atoms with E-state index in [9.17, 15) is 18.0 Å². The van der Waals surface area contributed by atoms with Crippen LogP contribution in [0.2, 0.25) is 0 Å². The number of amides is 2. The van der Waals surface area contributed by atoms with Crippen LogP contribution in [-0.2, 0) is 10.0 Å². The number of nitrogens with one attached hydrogen (secondary N) is 2. The van der Waals surface area contributed by atoms with Gasteiger partial charge in [0.15, 0.2) is 0 Å². The zero-order valence-corrected chi connectivity index (χ0v) is 16.9. The lowest BCUT2D eigenvalue weighted by atomic mass is 10.1. The SMILES string of the molecule is C=CCNC(=O)c1ccccc1NC(=O)c1ccc(N(CC=C)S(C)(=O)=O)cc1. The highest BCUT2D eigenvalue weighted by Gasteiger charge is 2.17. The third-order valence-electron chi connectivity index (χ3n) is 3.94. The highest BCUT2D eigenvalue weighted by molar-refractivity contribution is 7.92. The first-order chi connectivity index (χ1) is 13.8. The number of carbonyl (C=O) groups is 2. The van der Waals surface area contributed by atoms with Crippen LogP contribution < -0.4 is 14.9 Å². The molecule has 8 heteroatoms. The Balaban J connectivity index is 2.21. The molecular formula is C21H23N3O4S. The average Bonchev–Trinajstić information content (AvgIpc) is 2.70. The summed E-state index contributed by atoms with van der Waals surface area (Å²) in [5, 5.41) is 5.38. The standard InChI is InChI=1S/C21H23N3O4S/c1-4-14-22-21(26)18-8-6-7-9-19(18)23-20(25)16-10-12-17(13-11-16)24(15-5-2)29(3,27)28/h4-13H,1-2,14-15H2,3H3,(H,22,26)(H,23,25). The molecular weight excluding hydrogens is 390 g/mol. The van der Waals surface area contributed by atoms with E-state index in [2.05, 4.69) is 23.8 Å². The molecule has 7 nitrogen and oxygen atoms in total. The Morgan fingerprint density at radius 1 is 1.00 bits per heavy atom. The Hall–Kier alpha value is -3.39. The monoisotopic (exact) mass is 413 g/mol. The van der Waals surface area contributed by atoms with E-state index in [4.69, 9.17) is 0 Å². The van der Waals surface area contributed by atoms with Crippen molar-refractivity contribution in [3.05, 3.63) is 85.0 Å². The van der Waals surface area contributed by atoms with Gasteiger partial charge in [0.05, 0.1) is 29.7 Å². The van der Waals surface area contributed by atoms with Gasteiger partial charge in [-0.25, -0.2) is 8.42 Å². The van der Waals surface area contributed by atoms with Crippen LogP contribution in [0, 0.1) is 0 Å².